The van der Waals surface area contributed by atoms with E-state index in [1.54, 1.807) is 0 Å². The molecule has 74 heavy (non-hydrogen) atoms. The Morgan fingerprint density at radius 1 is 0.338 bits per heavy atom. The quantitative estimate of drug-likeness (QED) is 0.152. The predicted octanol–water partition coefficient (Wildman–Crippen LogP) is 17.8. The van der Waals surface area contributed by atoms with E-state index in [0.29, 0.717) is 5.56 Å². The maximum absolute atomic E-state index is 15.2. The molecule has 1 aromatic heterocycles. The highest BCUT2D eigenvalue weighted by Crippen LogP contribution is 2.53. The summed E-state index contributed by atoms with van der Waals surface area (Å²) in [6.07, 6.45) is 0. The lowest BCUT2D eigenvalue weighted by Crippen LogP contribution is -2.38. The number of anilines is 3. The summed E-state index contributed by atoms with van der Waals surface area (Å²) in [6, 6.07) is 96.0. The lowest BCUT2D eigenvalue weighted by Gasteiger charge is -2.41. The first-order valence-electron chi connectivity index (χ1n) is 25.6. The van der Waals surface area contributed by atoms with Crippen LogP contribution in [0, 0.1) is 0 Å². The van der Waals surface area contributed by atoms with E-state index in [1.807, 2.05) is 12.1 Å². The molecule has 0 aliphatic heterocycles. The SMILES string of the molecule is CC1(C)c2ccccc2-c2ccc(N(c3ccccc3)c3ccc4c(c3)c3cc(-c5cccc(-c6ccccc6)c5)ccc3n4-c3ccc4c(c3)C(=O)c3ccccc3C4(c3ccccc3)c3ccccc3)cc21. The number of fused-ring (bicyclic) bond motifs is 8. The van der Waals surface area contributed by atoms with Crippen molar-refractivity contribution in [2.75, 3.05) is 4.90 Å². The van der Waals surface area contributed by atoms with Gasteiger partial charge in [-0.25, -0.2) is 0 Å². The Morgan fingerprint density at radius 2 is 0.851 bits per heavy atom. The standard InChI is InChI=1S/C71H50N2O/c1-70(2)63-32-17-15-30-57(63)58-38-35-56(46-66(58)70)72(53-28-13-6-14-29-53)54-37-41-68-61(44-54)60-43-50(49-23-19-22-48(42-49)47-20-7-3-8-21-47)34-40-67(60)73(68)55-36-39-65-62(45-55)69(74)59-31-16-18-33-64(59)71(65,51-24-9-4-10-25-51)52-26-11-5-12-27-52/h3-46H,1-2H3. The van der Waals surface area contributed by atoms with Crippen LogP contribution < -0.4 is 4.90 Å². The van der Waals surface area contributed by atoms with Crippen LogP contribution in [0.2, 0.25) is 0 Å². The Balaban J connectivity index is 0.998. The van der Waals surface area contributed by atoms with Gasteiger partial charge in [-0.2, -0.15) is 0 Å². The molecule has 0 unspecified atom stereocenters. The molecule has 350 valence electrons. The number of nitrogens with zero attached hydrogens (tertiary/aromatic N) is 2. The summed E-state index contributed by atoms with van der Waals surface area (Å²) in [7, 11) is 0. The van der Waals surface area contributed by atoms with Gasteiger partial charge >= 0.3 is 0 Å². The van der Waals surface area contributed by atoms with Crippen LogP contribution in [-0.4, -0.2) is 10.4 Å². The van der Waals surface area contributed by atoms with Crippen molar-refractivity contribution in [2.45, 2.75) is 24.7 Å². The summed E-state index contributed by atoms with van der Waals surface area (Å²) < 4.78 is 2.36. The largest absolute Gasteiger partial charge is 0.310 e. The molecule has 2 aliphatic carbocycles. The maximum atomic E-state index is 15.2. The Morgan fingerprint density at radius 3 is 1.57 bits per heavy atom. The molecule has 0 bridgehead atoms. The van der Waals surface area contributed by atoms with Crippen LogP contribution >= 0.6 is 0 Å². The first-order chi connectivity index (χ1) is 36.4. The number of benzene rings is 11. The first-order valence-corrected chi connectivity index (χ1v) is 25.6. The Hall–Kier alpha value is -9.31. The van der Waals surface area contributed by atoms with Crippen molar-refractivity contribution >= 4 is 44.7 Å². The molecule has 11 aromatic carbocycles. The fraction of sp³-hybridized carbons (Fsp3) is 0.0563. The number of rotatable bonds is 8. The summed E-state index contributed by atoms with van der Waals surface area (Å²) in [5, 5.41) is 2.24. The summed E-state index contributed by atoms with van der Waals surface area (Å²) in [5.41, 5.74) is 21.0. The smallest absolute Gasteiger partial charge is 0.193 e. The van der Waals surface area contributed by atoms with Gasteiger partial charge in [-0.3, -0.25) is 4.79 Å². The summed E-state index contributed by atoms with van der Waals surface area (Å²) in [5.74, 6) is 0.0303. The van der Waals surface area contributed by atoms with Gasteiger partial charge < -0.3 is 9.47 Å². The molecule has 3 nitrogen and oxygen atoms in total. The van der Waals surface area contributed by atoms with Crippen molar-refractivity contribution in [3.05, 3.63) is 311 Å². The van der Waals surface area contributed by atoms with E-state index in [0.717, 1.165) is 83.5 Å². The van der Waals surface area contributed by atoms with Gasteiger partial charge in [-0.05, 0) is 140 Å². The molecule has 0 saturated carbocycles. The molecule has 12 aromatic rings. The minimum atomic E-state index is -0.726. The second kappa shape index (κ2) is 16.9. The van der Waals surface area contributed by atoms with Crippen molar-refractivity contribution in [3.8, 4) is 39.1 Å². The lowest BCUT2D eigenvalue weighted by atomic mass is 9.59. The Bertz CT molecular complexity index is 4130. The normalized spacial score (nSPS) is 13.8. The van der Waals surface area contributed by atoms with Crippen molar-refractivity contribution < 1.29 is 4.79 Å². The molecule has 3 heteroatoms. The van der Waals surface area contributed by atoms with Gasteiger partial charge in [0.05, 0.1) is 16.4 Å². The maximum Gasteiger partial charge on any atom is 0.193 e. The summed E-state index contributed by atoms with van der Waals surface area (Å²) >= 11 is 0. The van der Waals surface area contributed by atoms with Crippen molar-refractivity contribution in [3.63, 3.8) is 0 Å². The van der Waals surface area contributed by atoms with E-state index in [2.05, 4.69) is 278 Å². The van der Waals surface area contributed by atoms with Gasteiger partial charge in [0, 0.05) is 50.1 Å². The number of ketones is 1. The molecule has 0 spiro atoms. The number of carbonyl (C=O) groups excluding carboxylic acids is 1. The summed E-state index contributed by atoms with van der Waals surface area (Å²) in [6.45, 7) is 4.69. The molecule has 0 amide bonds. The first kappa shape index (κ1) is 43.5. The fourth-order valence-corrected chi connectivity index (χ4v) is 12.6. The van der Waals surface area contributed by atoms with Crippen LogP contribution in [0.3, 0.4) is 0 Å². The molecule has 0 radical (unpaired) electrons. The molecule has 0 atom stereocenters. The zero-order chi connectivity index (χ0) is 49.5. The average Bonchev–Trinajstić information content (AvgIpc) is 3.92. The third-order valence-corrected chi connectivity index (χ3v) is 16.0. The number of hydrogen-bond donors (Lipinski definition) is 0. The van der Waals surface area contributed by atoms with E-state index < -0.39 is 5.41 Å². The Kier molecular flexibility index (Phi) is 9.93. The van der Waals surface area contributed by atoms with Crippen LogP contribution in [0.1, 0.15) is 63.1 Å². The van der Waals surface area contributed by atoms with Crippen LogP contribution in [0.4, 0.5) is 17.1 Å². The Labute approximate surface area is 431 Å². The van der Waals surface area contributed by atoms with Gasteiger partial charge in [-0.15, -0.1) is 0 Å². The van der Waals surface area contributed by atoms with Gasteiger partial charge in [0.25, 0.3) is 0 Å². The third-order valence-electron chi connectivity index (χ3n) is 16.0. The highest BCUT2D eigenvalue weighted by molar-refractivity contribution is 6.15. The van der Waals surface area contributed by atoms with E-state index >= 15 is 4.79 Å². The zero-order valence-electron chi connectivity index (χ0n) is 41.2. The molecule has 0 saturated heterocycles. The van der Waals surface area contributed by atoms with E-state index in [1.165, 1.54) is 33.4 Å². The van der Waals surface area contributed by atoms with Crippen LogP contribution in [0.5, 0.6) is 0 Å². The zero-order valence-corrected chi connectivity index (χ0v) is 41.2. The summed E-state index contributed by atoms with van der Waals surface area (Å²) in [4.78, 5) is 17.6. The van der Waals surface area contributed by atoms with Crippen LogP contribution in [0.25, 0.3) is 60.9 Å². The third kappa shape index (κ3) is 6.56. The van der Waals surface area contributed by atoms with Crippen LogP contribution in [0.15, 0.2) is 267 Å². The van der Waals surface area contributed by atoms with Crippen molar-refractivity contribution in [1.82, 2.24) is 4.57 Å². The van der Waals surface area contributed by atoms with Gasteiger partial charge in [0.1, 0.15) is 0 Å². The topological polar surface area (TPSA) is 25.2 Å². The van der Waals surface area contributed by atoms with Crippen molar-refractivity contribution in [2.24, 2.45) is 0 Å². The number of aromatic nitrogens is 1. The molecule has 2 aliphatic rings. The van der Waals surface area contributed by atoms with E-state index in [9.17, 15) is 0 Å². The van der Waals surface area contributed by atoms with Crippen molar-refractivity contribution in [1.29, 1.82) is 0 Å². The van der Waals surface area contributed by atoms with E-state index in [4.69, 9.17) is 0 Å². The van der Waals surface area contributed by atoms with Gasteiger partial charge in [0.2, 0.25) is 0 Å². The van der Waals surface area contributed by atoms with Gasteiger partial charge in [-0.1, -0.05) is 208 Å². The van der Waals surface area contributed by atoms with Crippen LogP contribution in [-0.2, 0) is 10.8 Å². The predicted molar refractivity (Wildman–Crippen MR) is 306 cm³/mol. The molecular weight excluding hydrogens is 897 g/mol. The second-order valence-electron chi connectivity index (χ2n) is 20.4. The van der Waals surface area contributed by atoms with E-state index in [-0.39, 0.29) is 11.2 Å². The number of hydrogen-bond acceptors (Lipinski definition) is 2. The average molecular weight is 947 g/mol. The molecule has 14 rings (SSSR count). The molecule has 0 fully saturated rings. The fourth-order valence-electron chi connectivity index (χ4n) is 12.6. The molecular formula is C71H50N2O. The number of carbonyl (C=O) groups is 1. The monoisotopic (exact) mass is 946 g/mol. The number of para-hydroxylation sites is 1. The lowest BCUT2D eigenvalue weighted by molar-refractivity contribution is 0.103. The van der Waals surface area contributed by atoms with Gasteiger partial charge in [0.15, 0.2) is 5.78 Å². The molecule has 0 N–H and O–H groups in total. The highest BCUT2D eigenvalue weighted by atomic mass is 16.1. The highest BCUT2D eigenvalue weighted by Gasteiger charge is 2.46. The minimum Gasteiger partial charge on any atom is -0.310 e. The minimum absolute atomic E-state index is 0.0303. The molecule has 1 heterocycles. The second-order valence-corrected chi connectivity index (χ2v) is 20.4.